The minimum absolute atomic E-state index is 0.0697. The Morgan fingerprint density at radius 1 is 1.15 bits per heavy atom. The number of amides is 1. The first kappa shape index (κ1) is 19.1. The zero-order valence-electron chi connectivity index (χ0n) is 15.0. The summed E-state index contributed by atoms with van der Waals surface area (Å²) in [5, 5.41) is 3.14. The number of halogens is 1. The first-order valence-electron chi connectivity index (χ1n) is 8.83. The Balaban J connectivity index is 1.76. The predicted octanol–water partition coefficient (Wildman–Crippen LogP) is 3.96. The van der Waals surface area contributed by atoms with Crippen LogP contribution < -0.4 is 5.32 Å². The fourth-order valence-electron chi connectivity index (χ4n) is 3.48. The molecule has 0 aliphatic carbocycles. The Morgan fingerprint density at radius 3 is 2.54 bits per heavy atom. The Bertz CT molecular complexity index is 739. The van der Waals surface area contributed by atoms with Gasteiger partial charge in [-0.15, -0.1) is 0 Å². The van der Waals surface area contributed by atoms with Gasteiger partial charge in [0.15, 0.2) is 0 Å². The van der Waals surface area contributed by atoms with Gasteiger partial charge in [-0.2, -0.15) is 0 Å². The highest BCUT2D eigenvalue weighted by Gasteiger charge is 2.41. The van der Waals surface area contributed by atoms with Crippen LogP contribution in [-0.2, 0) is 32.8 Å². The van der Waals surface area contributed by atoms with E-state index in [1.165, 1.54) is 0 Å². The molecule has 0 bridgehead atoms. The van der Waals surface area contributed by atoms with E-state index in [1.54, 1.807) is 7.11 Å². The Kier molecular flexibility index (Phi) is 6.46. The molecule has 0 spiro atoms. The molecule has 2 aromatic rings. The number of ether oxygens (including phenoxy) is 2. The molecule has 1 amide bonds. The van der Waals surface area contributed by atoms with Gasteiger partial charge in [0, 0.05) is 31.3 Å². The molecule has 0 saturated carbocycles. The minimum atomic E-state index is -0.525. The van der Waals surface area contributed by atoms with Crippen LogP contribution in [-0.4, -0.2) is 26.2 Å². The van der Waals surface area contributed by atoms with Gasteiger partial charge in [-0.1, -0.05) is 52.3 Å². The maximum Gasteiger partial charge on any atom is 0.231 e. The summed E-state index contributed by atoms with van der Waals surface area (Å²) < 4.78 is 11.7. The number of carbonyl (C=O) groups excluding carboxylic acids is 1. The number of hydrogen-bond acceptors (Lipinski definition) is 3. The summed E-state index contributed by atoms with van der Waals surface area (Å²) in [7, 11) is 1.68. The van der Waals surface area contributed by atoms with E-state index in [2.05, 4.69) is 27.3 Å². The van der Waals surface area contributed by atoms with Crippen LogP contribution in [0.25, 0.3) is 0 Å². The van der Waals surface area contributed by atoms with Gasteiger partial charge in [0.2, 0.25) is 5.91 Å². The molecule has 1 saturated heterocycles. The van der Waals surface area contributed by atoms with E-state index in [1.807, 2.05) is 42.5 Å². The van der Waals surface area contributed by atoms with Crippen LogP contribution in [0.15, 0.2) is 53.0 Å². The highest BCUT2D eigenvalue weighted by atomic mass is 79.9. The number of hydrogen-bond donors (Lipinski definition) is 1. The molecule has 138 valence electrons. The zero-order valence-corrected chi connectivity index (χ0v) is 16.6. The highest BCUT2D eigenvalue weighted by Crippen LogP contribution is 2.35. The van der Waals surface area contributed by atoms with Gasteiger partial charge in [-0.25, -0.2) is 0 Å². The second-order valence-electron chi connectivity index (χ2n) is 6.64. The molecule has 0 unspecified atom stereocenters. The van der Waals surface area contributed by atoms with Crippen LogP contribution in [0, 0.1) is 0 Å². The lowest BCUT2D eigenvalue weighted by Gasteiger charge is -2.36. The molecule has 2 aromatic carbocycles. The predicted molar refractivity (Wildman–Crippen MR) is 105 cm³/mol. The van der Waals surface area contributed by atoms with Gasteiger partial charge in [0.1, 0.15) is 0 Å². The normalized spacial score (nSPS) is 16.2. The van der Waals surface area contributed by atoms with E-state index in [9.17, 15) is 4.79 Å². The van der Waals surface area contributed by atoms with Crippen LogP contribution in [0.1, 0.15) is 29.5 Å². The summed E-state index contributed by atoms with van der Waals surface area (Å²) in [6, 6.07) is 16.2. The molecule has 1 aliphatic rings. The lowest BCUT2D eigenvalue weighted by molar-refractivity contribution is -0.130. The van der Waals surface area contributed by atoms with Gasteiger partial charge in [0.25, 0.3) is 0 Å². The van der Waals surface area contributed by atoms with Crippen molar-refractivity contribution in [3.05, 3.63) is 69.7 Å². The first-order valence-corrected chi connectivity index (χ1v) is 9.62. The third-order valence-electron chi connectivity index (χ3n) is 4.93. The molecule has 1 aliphatic heterocycles. The van der Waals surface area contributed by atoms with Gasteiger partial charge in [-0.05, 0) is 41.7 Å². The van der Waals surface area contributed by atoms with Crippen LogP contribution in [0.4, 0.5) is 0 Å². The molecule has 1 heterocycles. The lowest BCUT2D eigenvalue weighted by atomic mass is 9.73. The minimum Gasteiger partial charge on any atom is -0.381 e. The Morgan fingerprint density at radius 2 is 1.85 bits per heavy atom. The summed E-state index contributed by atoms with van der Waals surface area (Å²) in [6.45, 7) is 2.29. The molecule has 4 nitrogen and oxygen atoms in total. The van der Waals surface area contributed by atoms with Crippen molar-refractivity contribution >= 4 is 21.8 Å². The van der Waals surface area contributed by atoms with E-state index in [0.29, 0.717) is 39.2 Å². The quantitative estimate of drug-likeness (QED) is 0.773. The van der Waals surface area contributed by atoms with Gasteiger partial charge in [-0.3, -0.25) is 4.79 Å². The summed E-state index contributed by atoms with van der Waals surface area (Å²) in [6.07, 6.45) is 1.40. The van der Waals surface area contributed by atoms with E-state index in [0.717, 1.165) is 21.2 Å². The second-order valence-corrected chi connectivity index (χ2v) is 7.55. The Labute approximate surface area is 163 Å². The highest BCUT2D eigenvalue weighted by molar-refractivity contribution is 9.10. The van der Waals surface area contributed by atoms with Crippen molar-refractivity contribution < 1.29 is 14.3 Å². The fourth-order valence-corrected chi connectivity index (χ4v) is 3.75. The van der Waals surface area contributed by atoms with E-state index >= 15 is 0 Å². The molecule has 26 heavy (non-hydrogen) atoms. The van der Waals surface area contributed by atoms with Crippen molar-refractivity contribution in [2.24, 2.45) is 0 Å². The van der Waals surface area contributed by atoms with Crippen LogP contribution in [0.2, 0.25) is 0 Å². The molecule has 0 atom stereocenters. The number of nitrogens with one attached hydrogen (secondary N) is 1. The van der Waals surface area contributed by atoms with E-state index < -0.39 is 5.41 Å². The smallest absolute Gasteiger partial charge is 0.231 e. The van der Waals surface area contributed by atoms with Crippen molar-refractivity contribution in [1.29, 1.82) is 0 Å². The number of methoxy groups -OCH3 is 1. The van der Waals surface area contributed by atoms with E-state index in [-0.39, 0.29) is 5.91 Å². The van der Waals surface area contributed by atoms with Gasteiger partial charge in [0.05, 0.1) is 12.0 Å². The molecule has 1 fully saturated rings. The van der Waals surface area contributed by atoms with Crippen LogP contribution in [0.5, 0.6) is 0 Å². The maximum absolute atomic E-state index is 13.2. The van der Waals surface area contributed by atoms with Crippen LogP contribution in [0.3, 0.4) is 0 Å². The van der Waals surface area contributed by atoms with Crippen molar-refractivity contribution in [1.82, 2.24) is 5.32 Å². The first-order chi connectivity index (χ1) is 12.6. The van der Waals surface area contributed by atoms with Crippen molar-refractivity contribution in [2.45, 2.75) is 31.4 Å². The van der Waals surface area contributed by atoms with Gasteiger partial charge < -0.3 is 14.8 Å². The number of rotatable bonds is 6. The summed E-state index contributed by atoms with van der Waals surface area (Å²) in [5.41, 5.74) is 2.71. The molecule has 1 N–H and O–H groups in total. The molecule has 5 heteroatoms. The zero-order chi connectivity index (χ0) is 18.4. The largest absolute Gasteiger partial charge is 0.381 e. The molecular formula is C21H24BrNO3. The van der Waals surface area contributed by atoms with Crippen molar-refractivity contribution in [3.8, 4) is 0 Å². The average Bonchev–Trinajstić information content (AvgIpc) is 2.68. The summed E-state index contributed by atoms with van der Waals surface area (Å²) in [5.74, 6) is 0.0697. The lowest BCUT2D eigenvalue weighted by Crippen LogP contribution is -2.47. The monoisotopic (exact) mass is 417 g/mol. The maximum atomic E-state index is 13.2. The topological polar surface area (TPSA) is 47.6 Å². The third kappa shape index (κ3) is 4.34. The third-order valence-corrected chi connectivity index (χ3v) is 5.46. The van der Waals surface area contributed by atoms with Gasteiger partial charge >= 0.3 is 0 Å². The van der Waals surface area contributed by atoms with Crippen molar-refractivity contribution in [2.75, 3.05) is 20.3 Å². The summed E-state index contributed by atoms with van der Waals surface area (Å²) >= 11 is 3.47. The van der Waals surface area contributed by atoms with Crippen LogP contribution >= 0.6 is 15.9 Å². The number of carbonyl (C=O) groups is 1. The summed E-state index contributed by atoms with van der Waals surface area (Å²) in [4.78, 5) is 13.2. The molecule has 3 rings (SSSR count). The number of benzene rings is 2. The SMILES string of the molecule is COCc1cccc(CNC(=O)C2(c3ccc(Br)cc3)CCOCC2)c1. The standard InChI is InChI=1S/C21H24BrNO3/c1-25-15-17-4-2-3-16(13-17)14-23-20(24)21(9-11-26-12-10-21)18-5-7-19(22)8-6-18/h2-8,13H,9-12,14-15H2,1H3,(H,23,24). The molecule has 0 radical (unpaired) electrons. The average molecular weight is 418 g/mol. The Hall–Kier alpha value is -1.69. The fraction of sp³-hybridized carbons (Fsp3) is 0.381. The van der Waals surface area contributed by atoms with E-state index in [4.69, 9.17) is 9.47 Å². The molecular weight excluding hydrogens is 394 g/mol. The molecule has 0 aromatic heterocycles. The second kappa shape index (κ2) is 8.80. The van der Waals surface area contributed by atoms with Crippen molar-refractivity contribution in [3.63, 3.8) is 0 Å².